The number of aromatic nitrogens is 1. The van der Waals surface area contributed by atoms with Gasteiger partial charge in [-0.25, -0.2) is 0 Å². The number of carbonyl (C=O) groups is 1. The number of rotatable bonds is 9. The average Bonchev–Trinajstić information content (AvgIpc) is 3.19. The number of hydrogen-bond donors (Lipinski definition) is 0. The zero-order valence-corrected chi connectivity index (χ0v) is 20.4. The highest BCUT2D eigenvalue weighted by molar-refractivity contribution is 6.00. The van der Waals surface area contributed by atoms with Crippen LogP contribution in [0, 0.1) is 0 Å². The maximum absolute atomic E-state index is 13.6. The molecular formula is C30H28N2O4. The van der Waals surface area contributed by atoms with E-state index in [1.807, 2.05) is 91.0 Å². The summed E-state index contributed by atoms with van der Waals surface area (Å²) in [5.41, 5.74) is 3.09. The first-order valence-corrected chi connectivity index (χ1v) is 11.9. The summed E-state index contributed by atoms with van der Waals surface area (Å²) >= 11 is 0. The zero-order chi connectivity index (χ0) is 25.0. The molecule has 2 heterocycles. The first-order chi connectivity index (χ1) is 17.7. The highest BCUT2D eigenvalue weighted by Gasteiger charge is 2.51. The molecule has 6 nitrogen and oxygen atoms in total. The van der Waals surface area contributed by atoms with Crippen molar-refractivity contribution in [2.45, 2.75) is 18.8 Å². The van der Waals surface area contributed by atoms with Crippen molar-refractivity contribution >= 4 is 5.91 Å². The molecule has 0 saturated heterocycles. The van der Waals surface area contributed by atoms with Crippen LogP contribution in [0.25, 0.3) is 0 Å². The van der Waals surface area contributed by atoms with Crippen molar-refractivity contribution < 1.29 is 19.0 Å². The molecule has 0 radical (unpaired) electrons. The van der Waals surface area contributed by atoms with E-state index in [0.29, 0.717) is 36.6 Å². The first-order valence-electron chi connectivity index (χ1n) is 11.9. The Morgan fingerprint density at radius 3 is 2.39 bits per heavy atom. The van der Waals surface area contributed by atoms with Crippen molar-refractivity contribution in [3.05, 3.63) is 125 Å². The molecule has 1 aliphatic rings. The second-order valence-electron chi connectivity index (χ2n) is 8.56. The number of amides is 1. The maximum atomic E-state index is 13.6. The van der Waals surface area contributed by atoms with Crippen LogP contribution in [0.4, 0.5) is 0 Å². The summed E-state index contributed by atoms with van der Waals surface area (Å²) in [6, 6.07) is 29.1. The Balaban J connectivity index is 1.52. The number of hydrogen-bond acceptors (Lipinski definition) is 5. The maximum Gasteiger partial charge on any atom is 0.257 e. The van der Waals surface area contributed by atoms with Crippen LogP contribution in [0.15, 0.2) is 97.2 Å². The number of carbonyl (C=O) groups excluding carboxylic acids is 1. The van der Waals surface area contributed by atoms with Gasteiger partial charge in [-0.05, 0) is 42.0 Å². The second-order valence-corrected chi connectivity index (χ2v) is 8.56. The van der Waals surface area contributed by atoms with Gasteiger partial charge in [0.05, 0.1) is 7.11 Å². The van der Waals surface area contributed by atoms with Gasteiger partial charge in [-0.3, -0.25) is 9.78 Å². The number of ether oxygens (including phenoxy) is 3. The van der Waals surface area contributed by atoms with Crippen molar-refractivity contribution in [2.75, 3.05) is 20.8 Å². The topological polar surface area (TPSA) is 60.9 Å². The fourth-order valence-electron chi connectivity index (χ4n) is 4.81. The summed E-state index contributed by atoms with van der Waals surface area (Å²) in [4.78, 5) is 19.8. The molecule has 5 rings (SSSR count). The standard InChI is InChI=1S/C30H28N2O4/c1-34-28-20-23(15-16-27(28)36-21-22-10-4-3-5-11-22)30(35-2)26-14-7-6-13-25(26)29(33)32(30)19-17-24-12-8-9-18-31-24/h3-16,18,20H,17,19,21H2,1-2H3. The van der Waals surface area contributed by atoms with Crippen LogP contribution in [0.5, 0.6) is 11.5 Å². The molecule has 0 spiro atoms. The van der Waals surface area contributed by atoms with Crippen LogP contribution in [-0.2, 0) is 23.5 Å². The van der Waals surface area contributed by atoms with E-state index in [1.165, 1.54) is 0 Å². The summed E-state index contributed by atoms with van der Waals surface area (Å²) in [5, 5.41) is 0. The van der Waals surface area contributed by atoms with Gasteiger partial charge in [-0.2, -0.15) is 0 Å². The predicted octanol–water partition coefficient (Wildman–Crippen LogP) is 5.22. The van der Waals surface area contributed by atoms with Crippen LogP contribution in [0.3, 0.4) is 0 Å². The normalized spacial score (nSPS) is 16.6. The van der Waals surface area contributed by atoms with Crippen molar-refractivity contribution in [1.29, 1.82) is 0 Å². The summed E-state index contributed by atoms with van der Waals surface area (Å²) in [7, 11) is 3.25. The average molecular weight is 481 g/mol. The van der Waals surface area contributed by atoms with E-state index in [1.54, 1.807) is 25.3 Å². The lowest BCUT2D eigenvalue weighted by molar-refractivity contribution is -0.0822. The van der Waals surface area contributed by atoms with Gasteiger partial charge in [0.2, 0.25) is 0 Å². The Hall–Kier alpha value is -4.16. The molecule has 6 heteroatoms. The molecule has 1 amide bonds. The van der Waals surface area contributed by atoms with E-state index in [-0.39, 0.29) is 5.91 Å². The van der Waals surface area contributed by atoms with E-state index in [0.717, 1.165) is 22.4 Å². The van der Waals surface area contributed by atoms with Gasteiger partial charge in [-0.15, -0.1) is 0 Å². The molecule has 0 saturated carbocycles. The summed E-state index contributed by atoms with van der Waals surface area (Å²) < 4.78 is 18.0. The SMILES string of the molecule is COc1cc(C2(OC)c3ccccc3C(=O)N2CCc2ccccn2)ccc1OCc1ccccc1. The Labute approximate surface area is 211 Å². The van der Waals surface area contributed by atoms with Crippen LogP contribution in [-0.4, -0.2) is 36.6 Å². The minimum Gasteiger partial charge on any atom is -0.493 e. The summed E-state index contributed by atoms with van der Waals surface area (Å²) in [5.74, 6) is 1.11. The van der Waals surface area contributed by atoms with Gasteiger partial charge in [0.25, 0.3) is 5.91 Å². The molecule has 0 aliphatic carbocycles. The van der Waals surface area contributed by atoms with Gasteiger partial charge in [0.1, 0.15) is 6.61 Å². The summed E-state index contributed by atoms with van der Waals surface area (Å²) in [6.07, 6.45) is 2.36. The molecule has 1 aliphatic heterocycles. The van der Waals surface area contributed by atoms with Crippen molar-refractivity contribution in [2.24, 2.45) is 0 Å². The van der Waals surface area contributed by atoms with Crippen LogP contribution in [0.2, 0.25) is 0 Å². The predicted molar refractivity (Wildman–Crippen MR) is 137 cm³/mol. The third-order valence-electron chi connectivity index (χ3n) is 6.55. The minimum absolute atomic E-state index is 0.0771. The number of benzene rings is 3. The third-order valence-corrected chi connectivity index (χ3v) is 6.55. The van der Waals surface area contributed by atoms with Gasteiger partial charge in [0.15, 0.2) is 17.2 Å². The molecule has 0 fully saturated rings. The molecule has 36 heavy (non-hydrogen) atoms. The summed E-state index contributed by atoms with van der Waals surface area (Å²) in [6.45, 7) is 0.858. The number of methoxy groups -OCH3 is 2. The lowest BCUT2D eigenvalue weighted by Crippen LogP contribution is -2.47. The van der Waals surface area contributed by atoms with E-state index in [2.05, 4.69) is 4.98 Å². The molecule has 1 atom stereocenters. The van der Waals surface area contributed by atoms with Crippen molar-refractivity contribution in [3.8, 4) is 11.5 Å². The first kappa shape index (κ1) is 23.6. The fraction of sp³-hybridized carbons (Fsp3) is 0.200. The molecule has 0 bridgehead atoms. The highest BCUT2D eigenvalue weighted by Crippen LogP contribution is 2.46. The Kier molecular flexibility index (Phi) is 6.69. The Morgan fingerprint density at radius 2 is 1.64 bits per heavy atom. The van der Waals surface area contributed by atoms with Gasteiger partial charge < -0.3 is 19.1 Å². The smallest absolute Gasteiger partial charge is 0.257 e. The van der Waals surface area contributed by atoms with E-state index >= 15 is 0 Å². The quantitative estimate of drug-likeness (QED) is 0.329. The largest absolute Gasteiger partial charge is 0.493 e. The minimum atomic E-state index is -1.10. The zero-order valence-electron chi connectivity index (χ0n) is 20.4. The molecule has 182 valence electrons. The van der Waals surface area contributed by atoms with Crippen LogP contribution < -0.4 is 9.47 Å². The van der Waals surface area contributed by atoms with E-state index in [9.17, 15) is 4.79 Å². The highest BCUT2D eigenvalue weighted by atomic mass is 16.5. The Bertz CT molecular complexity index is 1340. The van der Waals surface area contributed by atoms with Crippen LogP contribution in [0.1, 0.15) is 32.7 Å². The third kappa shape index (κ3) is 4.20. The lowest BCUT2D eigenvalue weighted by atomic mass is 9.93. The lowest BCUT2D eigenvalue weighted by Gasteiger charge is -2.38. The molecular weight excluding hydrogens is 452 g/mol. The van der Waals surface area contributed by atoms with E-state index in [4.69, 9.17) is 14.2 Å². The number of nitrogens with zero attached hydrogens (tertiary/aromatic N) is 2. The molecule has 3 aromatic carbocycles. The van der Waals surface area contributed by atoms with Gasteiger partial charge >= 0.3 is 0 Å². The van der Waals surface area contributed by atoms with Gasteiger partial charge in [0, 0.05) is 48.7 Å². The molecule has 1 unspecified atom stereocenters. The Morgan fingerprint density at radius 1 is 0.861 bits per heavy atom. The molecule has 4 aromatic rings. The monoisotopic (exact) mass is 480 g/mol. The van der Waals surface area contributed by atoms with Crippen LogP contribution >= 0.6 is 0 Å². The molecule has 0 N–H and O–H groups in total. The number of pyridine rings is 1. The fourth-order valence-corrected chi connectivity index (χ4v) is 4.81. The number of fused-ring (bicyclic) bond motifs is 1. The second kappa shape index (κ2) is 10.2. The van der Waals surface area contributed by atoms with Crippen molar-refractivity contribution in [1.82, 2.24) is 9.88 Å². The van der Waals surface area contributed by atoms with Crippen molar-refractivity contribution in [3.63, 3.8) is 0 Å². The molecule has 1 aromatic heterocycles. The van der Waals surface area contributed by atoms with Gasteiger partial charge in [-0.1, -0.05) is 54.6 Å². The van der Waals surface area contributed by atoms with E-state index < -0.39 is 5.72 Å².